The summed E-state index contributed by atoms with van der Waals surface area (Å²) >= 11 is 13.0. The van der Waals surface area contributed by atoms with Gasteiger partial charge in [0.05, 0.1) is 67.4 Å². The molecule has 131 heavy (non-hydrogen) atoms. The van der Waals surface area contributed by atoms with Crippen molar-refractivity contribution in [1.29, 1.82) is 0 Å². The number of hydrogen-bond acceptors (Lipinski definition) is 20. The van der Waals surface area contributed by atoms with E-state index in [4.69, 9.17) is 35.9 Å². The van der Waals surface area contributed by atoms with Crippen LogP contribution in [0.25, 0.3) is 22.3 Å². The van der Waals surface area contributed by atoms with E-state index >= 15 is 4.39 Å². The molecule has 0 saturated carbocycles. The minimum atomic E-state index is -1.68. The third kappa shape index (κ3) is 34.6. The maximum atomic E-state index is 15.0. The summed E-state index contributed by atoms with van der Waals surface area (Å²) in [5.41, 5.74) is 3.00. The van der Waals surface area contributed by atoms with Gasteiger partial charge in [0.25, 0.3) is 5.24 Å². The summed E-state index contributed by atoms with van der Waals surface area (Å²) in [6.45, 7) is 25.4. The number of halogens is 8. The van der Waals surface area contributed by atoms with Crippen LogP contribution in [0.4, 0.5) is 17.6 Å². The number of allylic oxidation sites excluding steroid dienone is 12. The molecule has 0 fully saturated rings. The molecule has 2 N–H and O–H groups in total. The van der Waals surface area contributed by atoms with Gasteiger partial charge in [0.1, 0.15) is 40.1 Å². The van der Waals surface area contributed by atoms with Crippen LogP contribution in [0.15, 0.2) is 247 Å². The smallest absolute Gasteiger partial charge is 0.339 e. The van der Waals surface area contributed by atoms with Gasteiger partial charge in [-0.3, -0.25) is 19.2 Å². The number of methoxy groups -OCH3 is 4. The Morgan fingerprint density at radius 2 is 0.748 bits per heavy atom. The van der Waals surface area contributed by atoms with E-state index in [-0.39, 0.29) is 63.2 Å². The van der Waals surface area contributed by atoms with E-state index in [1.807, 2.05) is 12.2 Å². The van der Waals surface area contributed by atoms with Crippen molar-refractivity contribution in [3.8, 4) is 22.3 Å². The quantitative estimate of drug-likeness (QED) is 0.0134. The van der Waals surface area contributed by atoms with Gasteiger partial charge in [-0.15, -0.1) is 0 Å². The Kier molecular flexibility index (Phi) is 44.8. The minimum absolute atomic E-state index is 0.0168. The Bertz CT molecular complexity index is 5600. The van der Waals surface area contributed by atoms with E-state index in [1.165, 1.54) is 133 Å². The molecule has 0 unspecified atom stereocenters. The number of hydrogen-bond donors (Lipinski definition) is 2. The maximum Gasteiger partial charge on any atom is 0.339 e. The van der Waals surface area contributed by atoms with E-state index in [0.29, 0.717) is 81.9 Å². The fraction of sp³-hybridized carbons (Fsp3) is 0.317. The normalized spacial score (nSPS) is 12.9. The molecule has 30 heteroatoms. The molecule has 0 bridgehead atoms. The van der Waals surface area contributed by atoms with Gasteiger partial charge in [0.2, 0.25) is 0 Å². The van der Waals surface area contributed by atoms with E-state index in [2.05, 4.69) is 94.4 Å². The Morgan fingerprint density at radius 3 is 1.10 bits per heavy atom. The van der Waals surface area contributed by atoms with Crippen molar-refractivity contribution in [2.24, 2.45) is 0 Å². The van der Waals surface area contributed by atoms with Gasteiger partial charge in [-0.2, -0.15) is 0 Å². The molecular weight excluding hydrogens is 2010 g/mol. The molecule has 0 heterocycles. The molecule has 0 atom stereocenters. The van der Waals surface area contributed by atoms with Crippen LogP contribution in [-0.2, 0) is 52.3 Å². The first-order valence-electron chi connectivity index (χ1n) is 41.9. The molecule has 0 amide bonds. The van der Waals surface area contributed by atoms with Crippen molar-refractivity contribution in [1.82, 2.24) is 0 Å². The van der Waals surface area contributed by atoms with E-state index in [1.54, 1.807) is 183 Å². The zero-order chi connectivity index (χ0) is 98.0. The largest absolute Gasteiger partial charge is 0.466 e. The average Bonchev–Trinajstić information content (AvgIpc) is 1.71. The van der Waals surface area contributed by atoms with Gasteiger partial charge in [-0.05, 0) is 218 Å². The van der Waals surface area contributed by atoms with Crippen LogP contribution in [0.3, 0.4) is 0 Å². The Hall–Kier alpha value is -10.3. The molecule has 4 aliphatic rings. The third-order valence-corrected chi connectivity index (χ3v) is 39.2. The number of rotatable bonds is 25. The predicted octanol–water partition coefficient (Wildman–Crippen LogP) is 23.5. The molecule has 0 aliphatic heterocycles. The average molecular weight is 2120 g/mol. The zero-order valence-electron chi connectivity index (χ0n) is 76.3. The number of benzene rings is 7. The van der Waals surface area contributed by atoms with Gasteiger partial charge in [0, 0.05) is 58.9 Å². The third-order valence-electron chi connectivity index (χ3n) is 19.5. The van der Waals surface area contributed by atoms with Crippen molar-refractivity contribution < 1.29 is 114 Å². The summed E-state index contributed by atoms with van der Waals surface area (Å²) in [6.07, 6.45) is 20.3. The standard InChI is InChI=1S/C25H22BrFO5.C25H23FO5.C14H10BrFO3.C11H15BO4.C7H3BrClFO.C7H8O2.4C3H7.Sn/c1-25(2,3)32-24(30)17-8-6-5-7-16(17)14-9-10-18(21(27)13-14)22(28)19-11-15(12-20(19)26)23(29)31-4;1-25(2,3)31-24(29)19-8-6-5-7-18(19)15-11-12-20(21(26)14-15)22(27)16-9-10-17(13-16)23(28)30-4;1-19-14(18)9-3-2-8(6-9)13(17)11-5-4-10(15)7-12(11)16;1-11(2,3)16-10(13)8-6-4-5-7-9(8)12(14)15;8-4-1-2-5(7(9)11)6(10)3-4;1-9-7(8)6-4-2-3-5-6;4*1-3-2;/h5-11,13H,12H2,1-4H3;5-9,11-14H,10H2,1-4H3;2,4-7H,3H2,1H3;4-7,14-15H,1-3H3;1-3H;2-4H,5H2,1H3;4*1,3H2,2H3;. The Balaban J connectivity index is 0.000000283. The van der Waals surface area contributed by atoms with Crippen molar-refractivity contribution in [3.05, 3.63) is 309 Å². The summed E-state index contributed by atoms with van der Waals surface area (Å²) in [5, 5.41) is 17.4. The van der Waals surface area contributed by atoms with E-state index < -0.39 is 124 Å². The number of ether oxygens (including phenoxy) is 7. The molecule has 0 spiro atoms. The molecule has 7 aromatic rings. The number of ketones is 3. The molecule has 0 radical (unpaired) electrons. The van der Waals surface area contributed by atoms with Gasteiger partial charge < -0.3 is 43.2 Å². The van der Waals surface area contributed by atoms with Crippen LogP contribution in [-0.4, -0.2) is 145 Å². The van der Waals surface area contributed by atoms with Gasteiger partial charge in [0.15, 0.2) is 17.3 Å². The van der Waals surface area contributed by atoms with E-state index in [0.717, 1.165) is 5.57 Å². The second-order valence-electron chi connectivity index (χ2n) is 33.0. The fourth-order valence-electron chi connectivity index (χ4n) is 13.8. The fourth-order valence-corrected chi connectivity index (χ4v) is 31.6. The van der Waals surface area contributed by atoms with Crippen LogP contribution in [0, 0.1) is 23.3 Å². The molecular formula is C101H109BBr3ClF4O20Sn. The molecule has 696 valence electrons. The number of esters is 7. The molecule has 11 rings (SSSR count). The predicted molar refractivity (Wildman–Crippen MR) is 513 cm³/mol. The number of carbonyl (C=O) groups excluding carboxylic acids is 11. The van der Waals surface area contributed by atoms with Gasteiger partial charge in [-0.1, -0.05) is 145 Å². The summed E-state index contributed by atoms with van der Waals surface area (Å²) in [5.74, 6) is -7.54. The molecule has 20 nitrogen and oxygen atoms in total. The molecule has 0 saturated heterocycles. The summed E-state index contributed by atoms with van der Waals surface area (Å²) in [7, 11) is 3.50. The Morgan fingerprint density at radius 1 is 0.405 bits per heavy atom. The van der Waals surface area contributed by atoms with E-state index in [9.17, 15) is 65.9 Å². The van der Waals surface area contributed by atoms with Crippen LogP contribution >= 0.6 is 59.4 Å². The number of Topliss-reactive ketones (excluding diaryl/α,β-unsaturated/α-hetero) is 3. The first-order chi connectivity index (χ1) is 61.6. The first kappa shape index (κ1) is 111. The van der Waals surface area contributed by atoms with Crippen molar-refractivity contribution >= 4 is 155 Å². The van der Waals surface area contributed by atoms with Crippen LogP contribution < -0.4 is 5.46 Å². The summed E-state index contributed by atoms with van der Waals surface area (Å²) in [4.78, 5) is 131. The summed E-state index contributed by atoms with van der Waals surface area (Å²) in [6, 6.07) is 36.4. The minimum Gasteiger partial charge on any atom is -0.466 e. The molecule has 4 aliphatic carbocycles. The van der Waals surface area contributed by atoms with Crippen molar-refractivity contribution in [3.63, 3.8) is 0 Å². The zero-order valence-corrected chi connectivity index (χ0v) is 84.7. The Labute approximate surface area is 797 Å². The first-order valence-corrected chi connectivity index (χ1v) is 52.8. The van der Waals surface area contributed by atoms with Crippen molar-refractivity contribution in [2.75, 3.05) is 28.4 Å². The van der Waals surface area contributed by atoms with Crippen LogP contribution in [0.2, 0.25) is 17.7 Å². The van der Waals surface area contributed by atoms with Crippen LogP contribution in [0.1, 0.15) is 214 Å². The van der Waals surface area contributed by atoms with Crippen molar-refractivity contribution in [2.45, 2.75) is 176 Å². The monoisotopic (exact) mass is 2120 g/mol. The maximum absolute atomic E-state index is 15.0. The second-order valence-corrected chi connectivity index (χ2v) is 50.4. The molecule has 7 aromatic carbocycles. The SMILES string of the molecule is CC(C)(C)OC(=O)c1ccccc1B(O)O.CC[CH2][Sn]([CH2]CC)([CH2]CC)[CH2]CC.COC(=O)C1=CC(C(=O)c2ccc(-c3ccccc3C(=O)OC(C)(C)C)cc2F)=C(Br)C1.COC(=O)C1=CC(C(=O)c2ccc(-c3ccccc3C(=O)OC(C)(C)C)cc2F)=CC1.COC(=O)C1=CC(C(=O)c2ccc(Br)cc2F)=CC1.COC(=O)C1=CC=CC1.O=C(Cl)c1ccc(Br)cc1F. The molecule has 0 aromatic heterocycles. The second kappa shape index (κ2) is 52.8. The number of carbonyl (C=O) groups is 11. The van der Waals surface area contributed by atoms with Gasteiger partial charge in [-0.25, -0.2) is 51.1 Å². The van der Waals surface area contributed by atoms with Gasteiger partial charge >= 0.3 is 138 Å². The van der Waals surface area contributed by atoms with Crippen LogP contribution in [0.5, 0.6) is 0 Å². The summed E-state index contributed by atoms with van der Waals surface area (Å²) < 4.78 is 99.1. The topological polar surface area (TPSA) is 293 Å².